The van der Waals surface area contributed by atoms with Crippen LogP contribution in [0.1, 0.15) is 51.2 Å². The third-order valence-electron chi connectivity index (χ3n) is 7.32. The van der Waals surface area contributed by atoms with Crippen molar-refractivity contribution in [2.75, 3.05) is 23.7 Å². The van der Waals surface area contributed by atoms with Crippen molar-refractivity contribution in [3.8, 4) is 0 Å². The highest BCUT2D eigenvalue weighted by molar-refractivity contribution is 6.17. The van der Waals surface area contributed by atoms with E-state index in [1.807, 2.05) is 45.3 Å². The Kier molecular flexibility index (Phi) is 9.96. The van der Waals surface area contributed by atoms with E-state index in [9.17, 15) is 9.59 Å². The second kappa shape index (κ2) is 13.1. The molecular weight excluding hydrogens is 476 g/mol. The summed E-state index contributed by atoms with van der Waals surface area (Å²) in [5, 5.41) is 17.9. The van der Waals surface area contributed by atoms with Crippen LogP contribution >= 0.6 is 0 Å². The minimum Gasteiger partial charge on any atom is -0.326 e. The van der Waals surface area contributed by atoms with Crippen molar-refractivity contribution in [1.82, 2.24) is 14.7 Å². The van der Waals surface area contributed by atoms with Gasteiger partial charge in [-0.1, -0.05) is 38.1 Å². The van der Waals surface area contributed by atoms with Gasteiger partial charge in [0.25, 0.3) is 5.91 Å². The largest absolute Gasteiger partial charge is 0.326 e. The topological polar surface area (TPSA) is 103 Å². The molecule has 0 spiro atoms. The molecule has 8 heteroatoms. The van der Waals surface area contributed by atoms with Gasteiger partial charge in [-0.3, -0.25) is 14.3 Å². The van der Waals surface area contributed by atoms with Gasteiger partial charge in [-0.15, -0.1) is 0 Å². The quantitative estimate of drug-likeness (QED) is 0.213. The van der Waals surface area contributed by atoms with E-state index in [1.54, 1.807) is 23.0 Å². The number of rotatable bonds is 11. The maximum absolute atomic E-state index is 13.0. The molecule has 3 rings (SSSR count). The molecule has 202 valence electrons. The number of aromatic nitrogens is 2. The first-order valence-corrected chi connectivity index (χ1v) is 13.2. The molecule has 1 fully saturated rings. The molecule has 0 radical (unpaired) electrons. The molecule has 1 aromatic carbocycles. The lowest BCUT2D eigenvalue weighted by Crippen LogP contribution is -2.32. The van der Waals surface area contributed by atoms with Crippen molar-refractivity contribution < 1.29 is 9.59 Å². The number of anilines is 2. The molecule has 2 atom stereocenters. The summed E-state index contributed by atoms with van der Waals surface area (Å²) < 4.78 is 1.74. The summed E-state index contributed by atoms with van der Waals surface area (Å²) in [6, 6.07) is 5.75. The Balaban J connectivity index is 1.66. The summed E-state index contributed by atoms with van der Waals surface area (Å²) in [6.45, 7) is 14.2. The Labute approximate surface area is 226 Å². The number of carbonyl (C=O) groups is 2. The van der Waals surface area contributed by atoms with Crippen molar-refractivity contribution in [2.45, 2.75) is 53.0 Å². The number of benzene rings is 1. The second-order valence-electron chi connectivity index (χ2n) is 9.99. The highest BCUT2D eigenvalue weighted by Gasteiger charge is 2.25. The number of hydrogen-bond donors (Lipinski definition) is 3. The van der Waals surface area contributed by atoms with Gasteiger partial charge in [-0.25, -0.2) is 0 Å². The van der Waals surface area contributed by atoms with E-state index in [2.05, 4.69) is 41.1 Å². The molecule has 1 aliphatic rings. The fraction of sp³-hybridized carbons (Fsp3) is 0.400. The monoisotopic (exact) mass is 516 g/mol. The zero-order valence-electron chi connectivity index (χ0n) is 23.2. The van der Waals surface area contributed by atoms with E-state index in [0.29, 0.717) is 17.8 Å². The average Bonchev–Trinajstić information content (AvgIpc) is 3.53. The lowest BCUT2D eigenvalue weighted by atomic mass is 9.91. The van der Waals surface area contributed by atoms with E-state index < -0.39 is 0 Å². The number of hydrogen-bond acceptors (Lipinski definition) is 5. The molecule has 0 aliphatic carbocycles. The van der Waals surface area contributed by atoms with Gasteiger partial charge in [0.2, 0.25) is 5.91 Å². The molecular formula is C30H40N6O2. The first-order valence-electron chi connectivity index (χ1n) is 13.2. The van der Waals surface area contributed by atoms with Crippen molar-refractivity contribution in [3.63, 3.8) is 0 Å². The fourth-order valence-electron chi connectivity index (χ4n) is 4.66. The van der Waals surface area contributed by atoms with Crippen molar-refractivity contribution in [1.29, 1.82) is 5.41 Å². The Morgan fingerprint density at radius 3 is 2.71 bits per heavy atom. The predicted molar refractivity (Wildman–Crippen MR) is 155 cm³/mol. The smallest absolute Gasteiger partial charge is 0.257 e. The standard InChI is InChI=1S/C30H40N6O2/c1-7-36-14-8-9-27(36)16-29(37)33-26-13-11-21(3)28(15-26)34-30(38)24(17-31)12-10-20(2)22(4)23(5)25-18-32-35(6)19-25/h10-13,15,17-19,22,27,31H,5,7-9,14,16H2,1-4,6H3,(H,33,37)(H,34,38)/b20-10-,24-12?,31-17?. The van der Waals surface area contributed by atoms with E-state index >= 15 is 0 Å². The highest BCUT2D eigenvalue weighted by Crippen LogP contribution is 2.27. The molecule has 8 nitrogen and oxygen atoms in total. The number of nitrogens with zero attached hydrogens (tertiary/aromatic N) is 3. The molecule has 1 aromatic heterocycles. The SMILES string of the molecule is C=C(c1cnn(C)c1)C(C)/C(C)=C\C=C(C=N)C(=O)Nc1cc(NC(=O)CC2CCCN2CC)ccc1C. The van der Waals surface area contributed by atoms with Crippen molar-refractivity contribution in [2.24, 2.45) is 13.0 Å². The van der Waals surface area contributed by atoms with Crippen LogP contribution in [0.15, 0.2) is 60.5 Å². The number of aryl methyl sites for hydroxylation is 2. The van der Waals surface area contributed by atoms with Gasteiger partial charge < -0.3 is 20.9 Å². The highest BCUT2D eigenvalue weighted by atomic mass is 16.2. The number of likely N-dealkylation sites (tertiary alicyclic amines) is 1. The normalized spacial score (nSPS) is 17.2. The minimum atomic E-state index is -0.390. The van der Waals surface area contributed by atoms with Crippen LogP contribution in [0.3, 0.4) is 0 Å². The summed E-state index contributed by atoms with van der Waals surface area (Å²) in [5.41, 5.74) is 5.23. The van der Waals surface area contributed by atoms with Crippen LogP contribution in [0.2, 0.25) is 0 Å². The van der Waals surface area contributed by atoms with Crippen molar-refractivity contribution >= 4 is 35.0 Å². The van der Waals surface area contributed by atoms with Gasteiger partial charge in [-0.2, -0.15) is 5.10 Å². The third-order valence-corrected chi connectivity index (χ3v) is 7.32. The number of amides is 2. The summed E-state index contributed by atoms with van der Waals surface area (Å²) in [6.07, 6.45) is 10.9. The van der Waals surface area contributed by atoms with Crippen LogP contribution in [-0.4, -0.2) is 51.8 Å². The first kappa shape index (κ1) is 28.8. The van der Waals surface area contributed by atoms with Gasteiger partial charge in [0.05, 0.1) is 11.8 Å². The molecule has 2 heterocycles. The Hall–Kier alpha value is -3.78. The number of carbonyl (C=O) groups excluding carboxylic acids is 2. The van der Waals surface area contributed by atoms with E-state index in [-0.39, 0.29) is 29.3 Å². The summed E-state index contributed by atoms with van der Waals surface area (Å²) in [4.78, 5) is 28.0. The van der Waals surface area contributed by atoms with Crippen LogP contribution in [0.5, 0.6) is 0 Å². The average molecular weight is 517 g/mol. The molecule has 2 amide bonds. The van der Waals surface area contributed by atoms with Crippen LogP contribution in [0, 0.1) is 18.3 Å². The Bertz CT molecular complexity index is 1260. The van der Waals surface area contributed by atoms with E-state index in [0.717, 1.165) is 54.4 Å². The molecule has 3 N–H and O–H groups in total. The van der Waals surface area contributed by atoms with Gasteiger partial charge in [-0.05, 0) is 69.1 Å². The van der Waals surface area contributed by atoms with Crippen LogP contribution in [0.4, 0.5) is 11.4 Å². The lowest BCUT2D eigenvalue weighted by molar-refractivity contribution is -0.117. The van der Waals surface area contributed by atoms with Gasteiger partial charge in [0, 0.05) is 54.8 Å². The van der Waals surface area contributed by atoms with Gasteiger partial charge in [0.1, 0.15) is 0 Å². The van der Waals surface area contributed by atoms with Crippen LogP contribution < -0.4 is 10.6 Å². The zero-order chi connectivity index (χ0) is 27.8. The van der Waals surface area contributed by atoms with Gasteiger partial charge >= 0.3 is 0 Å². The van der Waals surface area contributed by atoms with Crippen molar-refractivity contribution in [3.05, 3.63) is 71.6 Å². The van der Waals surface area contributed by atoms with Crippen LogP contribution in [0.25, 0.3) is 5.57 Å². The predicted octanol–water partition coefficient (Wildman–Crippen LogP) is 5.35. The van der Waals surface area contributed by atoms with E-state index in [1.165, 1.54) is 0 Å². The molecule has 0 bridgehead atoms. The van der Waals surface area contributed by atoms with Crippen LogP contribution in [-0.2, 0) is 16.6 Å². The molecule has 2 unspecified atom stereocenters. The van der Waals surface area contributed by atoms with E-state index in [4.69, 9.17) is 5.41 Å². The van der Waals surface area contributed by atoms with Gasteiger partial charge in [0.15, 0.2) is 0 Å². The summed E-state index contributed by atoms with van der Waals surface area (Å²) >= 11 is 0. The maximum atomic E-state index is 13.0. The fourth-order valence-corrected chi connectivity index (χ4v) is 4.66. The number of allylic oxidation sites excluding steroid dienone is 4. The Morgan fingerprint density at radius 1 is 1.29 bits per heavy atom. The number of nitrogens with one attached hydrogen (secondary N) is 3. The minimum absolute atomic E-state index is 0.0286. The molecule has 38 heavy (non-hydrogen) atoms. The molecule has 1 aliphatic heterocycles. The second-order valence-corrected chi connectivity index (χ2v) is 9.99. The first-order chi connectivity index (χ1) is 18.1. The molecule has 0 saturated carbocycles. The maximum Gasteiger partial charge on any atom is 0.257 e. The summed E-state index contributed by atoms with van der Waals surface area (Å²) in [7, 11) is 1.86. The zero-order valence-corrected chi connectivity index (χ0v) is 23.2. The molecule has 2 aromatic rings. The molecule has 1 saturated heterocycles. The lowest BCUT2D eigenvalue weighted by Gasteiger charge is -2.22. The summed E-state index contributed by atoms with van der Waals surface area (Å²) in [5.74, 6) is -0.375. The Morgan fingerprint density at radius 2 is 2.05 bits per heavy atom. The third kappa shape index (κ3) is 7.38.